The van der Waals surface area contributed by atoms with Gasteiger partial charge in [0, 0.05) is 17.0 Å². The van der Waals surface area contributed by atoms with Crippen LogP contribution in [0.25, 0.3) is 10.8 Å². The summed E-state index contributed by atoms with van der Waals surface area (Å²) >= 11 is 0. The van der Waals surface area contributed by atoms with E-state index in [-0.39, 0.29) is 24.9 Å². The summed E-state index contributed by atoms with van der Waals surface area (Å²) in [4.78, 5) is 25.4. The van der Waals surface area contributed by atoms with Crippen LogP contribution in [0, 0.1) is 13.8 Å². The molecule has 0 fully saturated rings. The first-order chi connectivity index (χ1) is 17.0. The molecule has 0 radical (unpaired) electrons. The smallest absolute Gasteiger partial charge is 0.310 e. The van der Waals surface area contributed by atoms with Crippen molar-refractivity contribution < 1.29 is 23.8 Å². The number of hydrogen-bond donors (Lipinski definition) is 0. The molecule has 5 rings (SSSR count). The van der Waals surface area contributed by atoms with Crippen molar-refractivity contribution in [1.82, 2.24) is 4.57 Å². The van der Waals surface area contributed by atoms with Crippen molar-refractivity contribution in [2.45, 2.75) is 32.9 Å². The van der Waals surface area contributed by atoms with Gasteiger partial charge in [0.15, 0.2) is 24.2 Å². The van der Waals surface area contributed by atoms with Crippen LogP contribution in [-0.2, 0) is 22.5 Å². The zero-order valence-electron chi connectivity index (χ0n) is 19.8. The summed E-state index contributed by atoms with van der Waals surface area (Å²) in [6.07, 6.45) is -0.0510. The Kier molecular flexibility index (Phi) is 6.27. The lowest BCUT2D eigenvalue weighted by molar-refractivity contribution is -0.141. The first-order valence-electron chi connectivity index (χ1n) is 11.7. The van der Waals surface area contributed by atoms with Gasteiger partial charge in [0.25, 0.3) is 0 Å². The van der Waals surface area contributed by atoms with Crippen molar-refractivity contribution in [2.24, 2.45) is 0 Å². The van der Waals surface area contributed by atoms with E-state index in [4.69, 9.17) is 14.2 Å². The third-order valence-corrected chi connectivity index (χ3v) is 6.41. The van der Waals surface area contributed by atoms with Gasteiger partial charge in [-0.25, -0.2) is 0 Å². The van der Waals surface area contributed by atoms with Crippen LogP contribution < -0.4 is 9.47 Å². The van der Waals surface area contributed by atoms with E-state index in [0.717, 1.165) is 39.2 Å². The number of fused-ring (bicyclic) bond motifs is 2. The van der Waals surface area contributed by atoms with Gasteiger partial charge in [-0.1, -0.05) is 54.6 Å². The summed E-state index contributed by atoms with van der Waals surface area (Å²) in [5.41, 5.74) is 3.20. The molecule has 1 aromatic heterocycles. The van der Waals surface area contributed by atoms with Crippen LogP contribution in [0.3, 0.4) is 0 Å². The lowest BCUT2D eigenvalue weighted by Gasteiger charge is -2.27. The number of esters is 1. The maximum Gasteiger partial charge on any atom is 0.310 e. The van der Waals surface area contributed by atoms with E-state index in [1.54, 1.807) is 0 Å². The second-order valence-electron chi connectivity index (χ2n) is 8.79. The molecule has 178 valence electrons. The monoisotopic (exact) mass is 469 g/mol. The maximum atomic E-state index is 12.9. The molecule has 0 amide bonds. The number of hydrogen-bond acceptors (Lipinski definition) is 5. The van der Waals surface area contributed by atoms with Crippen LogP contribution in [0.4, 0.5) is 0 Å². The fourth-order valence-corrected chi connectivity index (χ4v) is 4.60. The van der Waals surface area contributed by atoms with Crippen LogP contribution >= 0.6 is 0 Å². The summed E-state index contributed by atoms with van der Waals surface area (Å²) in [5.74, 6) is 0.822. The van der Waals surface area contributed by atoms with Gasteiger partial charge < -0.3 is 18.8 Å². The third-order valence-electron chi connectivity index (χ3n) is 6.41. The molecular weight excluding hydrogens is 442 g/mol. The number of carbonyl (C=O) groups excluding carboxylic acids is 2. The van der Waals surface area contributed by atoms with Crippen LogP contribution in [0.2, 0.25) is 0 Å². The molecule has 0 bridgehead atoms. The Morgan fingerprint density at radius 3 is 2.57 bits per heavy atom. The maximum absolute atomic E-state index is 12.9. The molecule has 35 heavy (non-hydrogen) atoms. The van der Waals surface area contributed by atoms with Crippen molar-refractivity contribution in [1.29, 1.82) is 0 Å². The number of aromatic nitrogens is 1. The van der Waals surface area contributed by atoms with Crippen molar-refractivity contribution >= 4 is 22.5 Å². The number of aryl methyl sites for hydroxylation is 1. The average molecular weight is 470 g/mol. The van der Waals surface area contributed by atoms with Crippen LogP contribution in [-0.4, -0.2) is 35.6 Å². The summed E-state index contributed by atoms with van der Waals surface area (Å²) in [6.45, 7) is 4.55. The molecule has 4 aromatic rings. The van der Waals surface area contributed by atoms with Crippen molar-refractivity contribution in [3.63, 3.8) is 0 Å². The predicted molar refractivity (Wildman–Crippen MR) is 133 cm³/mol. The Labute approximate surface area is 204 Å². The molecule has 0 N–H and O–H groups in total. The molecule has 2 heterocycles. The highest BCUT2D eigenvalue weighted by atomic mass is 16.6. The van der Waals surface area contributed by atoms with Gasteiger partial charge in [-0.2, -0.15) is 0 Å². The topological polar surface area (TPSA) is 66.8 Å². The van der Waals surface area contributed by atoms with Crippen molar-refractivity contribution in [2.75, 3.05) is 13.2 Å². The molecule has 1 unspecified atom stereocenters. The van der Waals surface area contributed by atoms with Gasteiger partial charge in [-0.05, 0) is 48.4 Å². The molecule has 0 aliphatic carbocycles. The first-order valence-corrected chi connectivity index (χ1v) is 11.7. The zero-order valence-corrected chi connectivity index (χ0v) is 19.8. The van der Waals surface area contributed by atoms with Gasteiger partial charge in [0.05, 0.1) is 13.0 Å². The normalized spacial score (nSPS) is 14.6. The molecule has 6 nitrogen and oxygen atoms in total. The van der Waals surface area contributed by atoms with E-state index in [1.807, 2.05) is 91.2 Å². The number of para-hydroxylation sites is 2. The van der Waals surface area contributed by atoms with E-state index < -0.39 is 5.97 Å². The largest absolute Gasteiger partial charge is 0.486 e. The number of Topliss-reactive ketones (excluding diaryl/α,β-unsaturated/α-hetero) is 1. The number of ether oxygens (including phenoxy) is 3. The second kappa shape index (κ2) is 9.66. The minimum Gasteiger partial charge on any atom is -0.486 e. The van der Waals surface area contributed by atoms with E-state index in [9.17, 15) is 9.59 Å². The fourth-order valence-electron chi connectivity index (χ4n) is 4.60. The minimum atomic E-state index is -0.421. The fraction of sp³-hybridized carbons (Fsp3) is 0.241. The highest BCUT2D eigenvalue weighted by molar-refractivity contribution is 5.99. The molecule has 3 aromatic carbocycles. The molecule has 1 atom stereocenters. The average Bonchev–Trinajstić information content (AvgIpc) is 3.16. The molecule has 0 spiro atoms. The predicted octanol–water partition coefficient (Wildman–Crippen LogP) is 5.07. The Morgan fingerprint density at radius 1 is 0.971 bits per heavy atom. The SMILES string of the molecule is Cc1cc(C(=O)COC(=O)Cc2cccc3ccccc23)c(C)n1CC1COc2ccccc2O1. The molecule has 0 saturated carbocycles. The van der Waals surface area contributed by atoms with Gasteiger partial charge in [-0.3, -0.25) is 9.59 Å². The number of nitrogens with zero attached hydrogens (tertiary/aromatic N) is 1. The standard InChI is InChI=1S/C29H27NO5/c1-19-14-25(20(2)30(19)16-23-17-33-27-12-5-6-13-28(27)35-23)26(31)18-34-29(32)15-22-10-7-9-21-8-3-4-11-24(21)22/h3-14,23H,15-18H2,1-2H3. The van der Waals surface area contributed by atoms with Gasteiger partial charge in [0.2, 0.25) is 5.78 Å². The quantitative estimate of drug-likeness (QED) is 0.279. The van der Waals surface area contributed by atoms with E-state index in [0.29, 0.717) is 18.7 Å². The van der Waals surface area contributed by atoms with Gasteiger partial charge >= 0.3 is 5.97 Å². The van der Waals surface area contributed by atoms with Gasteiger partial charge in [-0.15, -0.1) is 0 Å². The second-order valence-corrected chi connectivity index (χ2v) is 8.79. The highest BCUT2D eigenvalue weighted by Crippen LogP contribution is 2.31. The van der Waals surface area contributed by atoms with Gasteiger partial charge in [0.1, 0.15) is 6.61 Å². The molecule has 6 heteroatoms. The Bertz CT molecular complexity index is 1400. The Hall–Kier alpha value is -4.06. The lowest BCUT2D eigenvalue weighted by atomic mass is 10.0. The number of ketones is 1. The van der Waals surface area contributed by atoms with Crippen LogP contribution in [0.5, 0.6) is 11.5 Å². The Morgan fingerprint density at radius 2 is 1.71 bits per heavy atom. The number of benzene rings is 3. The van der Waals surface area contributed by atoms with E-state index >= 15 is 0 Å². The molecular formula is C29H27NO5. The third kappa shape index (κ3) is 4.78. The zero-order chi connectivity index (χ0) is 24.4. The van der Waals surface area contributed by atoms with Crippen molar-refractivity contribution in [3.05, 3.63) is 95.3 Å². The lowest BCUT2D eigenvalue weighted by Crippen LogP contribution is -2.33. The summed E-state index contributed by atoms with van der Waals surface area (Å²) in [7, 11) is 0. The number of rotatable bonds is 7. The summed E-state index contributed by atoms with van der Waals surface area (Å²) in [5, 5.41) is 2.08. The molecule has 1 aliphatic rings. The van der Waals surface area contributed by atoms with Crippen LogP contribution in [0.15, 0.2) is 72.8 Å². The first kappa shape index (κ1) is 22.7. The molecule has 1 aliphatic heterocycles. The highest BCUT2D eigenvalue weighted by Gasteiger charge is 2.24. The number of carbonyl (C=O) groups is 2. The summed E-state index contributed by atoms with van der Waals surface area (Å²) < 4.78 is 19.3. The van der Waals surface area contributed by atoms with E-state index in [1.165, 1.54) is 0 Å². The van der Waals surface area contributed by atoms with Crippen LogP contribution in [0.1, 0.15) is 27.3 Å². The van der Waals surface area contributed by atoms with E-state index in [2.05, 4.69) is 0 Å². The molecule has 0 saturated heterocycles. The van der Waals surface area contributed by atoms with Crippen molar-refractivity contribution in [3.8, 4) is 11.5 Å². The Balaban J connectivity index is 1.22. The summed E-state index contributed by atoms with van der Waals surface area (Å²) in [6, 6.07) is 23.2. The minimum absolute atomic E-state index is 0.119.